The molecule has 0 saturated heterocycles. The van der Waals surface area contributed by atoms with Crippen LogP contribution >= 0.6 is 0 Å². The van der Waals surface area contributed by atoms with Crippen LogP contribution in [0, 0.1) is 22.7 Å². The first-order valence-corrected chi connectivity index (χ1v) is 8.81. The van der Waals surface area contributed by atoms with E-state index in [4.69, 9.17) is 9.47 Å². The Kier molecular flexibility index (Phi) is 3.90. The van der Waals surface area contributed by atoms with Gasteiger partial charge < -0.3 is 19.7 Å². The first kappa shape index (κ1) is 18.4. The Hall–Kier alpha value is -1.40. The summed E-state index contributed by atoms with van der Waals surface area (Å²) < 4.78 is 11.2. The minimum atomic E-state index is -1.35. The van der Waals surface area contributed by atoms with Crippen LogP contribution < -0.4 is 0 Å². The van der Waals surface area contributed by atoms with Gasteiger partial charge in [0.1, 0.15) is 12.2 Å². The Morgan fingerprint density at radius 2 is 1.72 bits per heavy atom. The lowest BCUT2D eigenvalue weighted by Gasteiger charge is -2.42. The van der Waals surface area contributed by atoms with Crippen LogP contribution in [0.2, 0.25) is 0 Å². The largest absolute Gasteiger partial charge is 0.462 e. The zero-order valence-electron chi connectivity index (χ0n) is 15.5. The van der Waals surface area contributed by atoms with Gasteiger partial charge in [0.05, 0.1) is 11.7 Å². The maximum atomic E-state index is 11.7. The van der Waals surface area contributed by atoms with Crippen molar-refractivity contribution in [1.82, 2.24) is 0 Å². The van der Waals surface area contributed by atoms with Gasteiger partial charge in [-0.3, -0.25) is 9.59 Å². The zero-order chi connectivity index (χ0) is 18.9. The molecule has 3 fully saturated rings. The summed E-state index contributed by atoms with van der Waals surface area (Å²) in [7, 11) is 0. The fourth-order valence-electron chi connectivity index (χ4n) is 6.24. The Bertz CT molecular complexity index is 640. The van der Waals surface area contributed by atoms with Crippen LogP contribution in [0.4, 0.5) is 0 Å². The van der Waals surface area contributed by atoms with Gasteiger partial charge in [0.15, 0.2) is 0 Å². The number of carbonyl (C=O) groups excluding carboxylic acids is 2. The molecule has 0 bridgehead atoms. The van der Waals surface area contributed by atoms with Crippen molar-refractivity contribution in [2.45, 2.75) is 71.4 Å². The summed E-state index contributed by atoms with van der Waals surface area (Å²) >= 11 is 0. The first-order valence-electron chi connectivity index (χ1n) is 8.81. The number of hydrogen-bond acceptors (Lipinski definition) is 6. The van der Waals surface area contributed by atoms with E-state index in [0.29, 0.717) is 18.4 Å². The summed E-state index contributed by atoms with van der Waals surface area (Å²) in [6.07, 6.45) is -0.999. The summed E-state index contributed by atoms with van der Waals surface area (Å²) in [5, 5.41) is 22.0. The van der Waals surface area contributed by atoms with Crippen molar-refractivity contribution in [2.75, 3.05) is 0 Å². The van der Waals surface area contributed by atoms with Gasteiger partial charge in [-0.2, -0.15) is 0 Å². The van der Waals surface area contributed by atoms with Crippen LogP contribution in [-0.4, -0.2) is 46.1 Å². The molecule has 0 aliphatic heterocycles. The molecule has 0 heterocycles. The molecule has 6 nitrogen and oxygen atoms in total. The molecule has 6 heteroatoms. The van der Waals surface area contributed by atoms with E-state index < -0.39 is 46.6 Å². The smallest absolute Gasteiger partial charge is 0.302 e. The standard InChI is InChI=1S/C19H28O6/c1-9-13(22)7-12-15(25-11(3)21)18(6)8-14(24-10(2)20)17(4,5)16(18)19(9,12)23/h12-16,22-23H,1,7-8H2,2-6H3/t12-,13-,14+,15-,16-,18-,19+/m0/s1. The van der Waals surface area contributed by atoms with Crippen LogP contribution in [0.25, 0.3) is 0 Å². The van der Waals surface area contributed by atoms with Gasteiger partial charge in [0, 0.05) is 36.5 Å². The number of carbonyl (C=O) groups is 2. The number of esters is 2. The fraction of sp³-hybridized carbons (Fsp3) is 0.789. The van der Waals surface area contributed by atoms with Gasteiger partial charge >= 0.3 is 11.9 Å². The Labute approximate surface area is 148 Å². The van der Waals surface area contributed by atoms with Crippen LogP contribution in [-0.2, 0) is 19.1 Å². The van der Waals surface area contributed by atoms with Crippen molar-refractivity contribution in [3.05, 3.63) is 12.2 Å². The SMILES string of the molecule is C=C1[C@@H](O)C[C@H]2[C@H](OC(C)=O)[C@]3(C)C[C@@H](OC(C)=O)C(C)(C)[C@@H]3[C@@]12O. The average Bonchev–Trinajstić information content (AvgIpc) is 2.87. The van der Waals surface area contributed by atoms with Gasteiger partial charge in [0.25, 0.3) is 0 Å². The fourth-order valence-corrected chi connectivity index (χ4v) is 6.24. The van der Waals surface area contributed by atoms with E-state index in [1.807, 2.05) is 20.8 Å². The number of ether oxygens (including phenoxy) is 2. The monoisotopic (exact) mass is 352 g/mol. The molecule has 3 saturated carbocycles. The minimum Gasteiger partial charge on any atom is -0.462 e. The molecule has 0 radical (unpaired) electrons. The molecule has 0 aromatic heterocycles. The summed E-state index contributed by atoms with van der Waals surface area (Å²) in [5.41, 5.74) is -2.11. The highest BCUT2D eigenvalue weighted by Gasteiger charge is 2.78. The quantitative estimate of drug-likeness (QED) is 0.579. The number of fused-ring (bicyclic) bond motifs is 3. The maximum Gasteiger partial charge on any atom is 0.302 e. The highest BCUT2D eigenvalue weighted by atomic mass is 16.6. The van der Waals surface area contributed by atoms with Crippen molar-refractivity contribution >= 4 is 11.9 Å². The second-order valence-electron chi connectivity index (χ2n) is 8.80. The molecule has 0 aromatic rings. The van der Waals surface area contributed by atoms with E-state index in [0.717, 1.165) is 0 Å². The zero-order valence-corrected chi connectivity index (χ0v) is 15.5. The van der Waals surface area contributed by atoms with Crippen molar-refractivity contribution in [1.29, 1.82) is 0 Å². The molecule has 7 atom stereocenters. The van der Waals surface area contributed by atoms with Crippen molar-refractivity contribution < 1.29 is 29.3 Å². The summed E-state index contributed by atoms with van der Waals surface area (Å²) in [6, 6.07) is 0. The normalized spacial score (nSPS) is 47.3. The summed E-state index contributed by atoms with van der Waals surface area (Å²) in [5.74, 6) is -1.56. The van der Waals surface area contributed by atoms with Crippen molar-refractivity contribution in [2.24, 2.45) is 22.7 Å². The predicted molar refractivity (Wildman–Crippen MR) is 89.3 cm³/mol. The van der Waals surface area contributed by atoms with Crippen LogP contribution in [0.15, 0.2) is 12.2 Å². The molecular weight excluding hydrogens is 324 g/mol. The van der Waals surface area contributed by atoms with E-state index >= 15 is 0 Å². The molecule has 140 valence electrons. The molecule has 3 aliphatic carbocycles. The van der Waals surface area contributed by atoms with Gasteiger partial charge in [-0.25, -0.2) is 0 Å². The van der Waals surface area contributed by atoms with E-state index in [1.165, 1.54) is 13.8 Å². The Morgan fingerprint density at radius 1 is 1.16 bits per heavy atom. The lowest BCUT2D eigenvalue weighted by molar-refractivity contribution is -0.159. The number of aliphatic hydroxyl groups is 2. The molecule has 3 aliphatic rings. The molecule has 2 N–H and O–H groups in total. The summed E-state index contributed by atoms with van der Waals surface area (Å²) in [4.78, 5) is 23.3. The third-order valence-corrected chi connectivity index (χ3v) is 6.87. The molecule has 25 heavy (non-hydrogen) atoms. The maximum absolute atomic E-state index is 11.7. The first-order chi connectivity index (χ1) is 11.4. The highest BCUT2D eigenvalue weighted by molar-refractivity contribution is 5.67. The summed E-state index contributed by atoms with van der Waals surface area (Å²) in [6.45, 7) is 12.6. The Morgan fingerprint density at radius 3 is 2.24 bits per heavy atom. The average molecular weight is 352 g/mol. The number of hydrogen-bond donors (Lipinski definition) is 2. The minimum absolute atomic E-state index is 0.313. The van der Waals surface area contributed by atoms with E-state index in [9.17, 15) is 19.8 Å². The third kappa shape index (κ3) is 2.23. The molecular formula is C19H28O6. The third-order valence-electron chi connectivity index (χ3n) is 6.87. The van der Waals surface area contributed by atoms with E-state index in [-0.39, 0.29) is 11.9 Å². The Balaban J connectivity index is 2.13. The topological polar surface area (TPSA) is 93.1 Å². The lowest BCUT2D eigenvalue weighted by Crippen LogP contribution is -2.48. The van der Waals surface area contributed by atoms with Crippen LogP contribution in [0.3, 0.4) is 0 Å². The predicted octanol–water partition coefficient (Wildman–Crippen LogP) is 1.58. The molecule has 0 spiro atoms. The van der Waals surface area contributed by atoms with Gasteiger partial charge in [0.2, 0.25) is 0 Å². The second-order valence-corrected chi connectivity index (χ2v) is 8.80. The second kappa shape index (κ2) is 5.30. The molecule has 0 unspecified atom stereocenters. The van der Waals surface area contributed by atoms with Gasteiger partial charge in [-0.05, 0) is 18.4 Å². The lowest BCUT2D eigenvalue weighted by atomic mass is 9.65. The van der Waals surface area contributed by atoms with E-state index in [1.54, 1.807) is 0 Å². The number of rotatable bonds is 2. The van der Waals surface area contributed by atoms with Crippen molar-refractivity contribution in [3.63, 3.8) is 0 Å². The van der Waals surface area contributed by atoms with Crippen LogP contribution in [0.5, 0.6) is 0 Å². The van der Waals surface area contributed by atoms with Gasteiger partial charge in [-0.15, -0.1) is 0 Å². The van der Waals surface area contributed by atoms with Gasteiger partial charge in [-0.1, -0.05) is 27.4 Å². The number of aliphatic hydroxyl groups excluding tert-OH is 1. The molecule has 0 aromatic carbocycles. The van der Waals surface area contributed by atoms with E-state index in [2.05, 4.69) is 6.58 Å². The van der Waals surface area contributed by atoms with Crippen molar-refractivity contribution in [3.8, 4) is 0 Å². The van der Waals surface area contributed by atoms with Crippen LogP contribution in [0.1, 0.15) is 47.5 Å². The molecule has 0 amide bonds. The molecule has 3 rings (SSSR count). The highest BCUT2D eigenvalue weighted by Crippen LogP contribution is 2.72.